The van der Waals surface area contributed by atoms with Crippen LogP contribution in [0.25, 0.3) is 21.2 Å². The van der Waals surface area contributed by atoms with E-state index in [1.807, 2.05) is 11.3 Å². The molecule has 0 amide bonds. The third-order valence-electron chi connectivity index (χ3n) is 11.1. The zero-order chi connectivity index (χ0) is 33.0. The summed E-state index contributed by atoms with van der Waals surface area (Å²) in [7, 11) is 0. The van der Waals surface area contributed by atoms with Gasteiger partial charge >= 0.3 is 6.85 Å². The van der Waals surface area contributed by atoms with Crippen molar-refractivity contribution in [2.75, 3.05) is 9.71 Å². The highest BCUT2D eigenvalue weighted by Crippen LogP contribution is 2.60. The molecule has 4 heteroatoms. The van der Waals surface area contributed by atoms with Gasteiger partial charge in [0.1, 0.15) is 0 Å². The van der Waals surface area contributed by atoms with Crippen LogP contribution in [0.5, 0.6) is 0 Å². The molecule has 7 aromatic carbocycles. The van der Waals surface area contributed by atoms with Gasteiger partial charge < -0.3 is 9.71 Å². The molecule has 0 spiro atoms. The molecule has 3 aliphatic heterocycles. The monoisotopic (exact) mass is 654 g/mol. The SMILES string of the molecule is Cc1cc2c3c(c1)N(c1ccccc1)c1c(sc4ccccc14)B3N1c3ccccc3C(c3ccccc3)(c3ccccc3)c3cccc-2c31. The lowest BCUT2D eigenvalue weighted by atomic mass is 9.45. The average molecular weight is 655 g/mol. The highest BCUT2D eigenvalue weighted by Gasteiger charge is 2.54. The summed E-state index contributed by atoms with van der Waals surface area (Å²) in [4.78, 5) is 5.25. The molecule has 0 unspecified atom stereocenters. The van der Waals surface area contributed by atoms with Crippen LogP contribution < -0.4 is 20.0 Å². The Morgan fingerprint density at radius 2 is 1.18 bits per heavy atom. The second-order valence-corrected chi connectivity index (χ2v) is 14.8. The van der Waals surface area contributed by atoms with Gasteiger partial charge in [-0.3, -0.25) is 0 Å². The molecular formula is C46H31BN2S. The predicted molar refractivity (Wildman–Crippen MR) is 212 cm³/mol. The second-order valence-electron chi connectivity index (χ2n) is 13.7. The third-order valence-corrected chi connectivity index (χ3v) is 12.3. The summed E-state index contributed by atoms with van der Waals surface area (Å²) in [6.07, 6.45) is 0. The van der Waals surface area contributed by atoms with Crippen molar-refractivity contribution in [3.05, 3.63) is 198 Å². The average Bonchev–Trinajstić information content (AvgIpc) is 3.56. The van der Waals surface area contributed by atoms with Gasteiger partial charge in [-0.25, -0.2) is 0 Å². The van der Waals surface area contributed by atoms with Gasteiger partial charge in [0.05, 0.1) is 11.1 Å². The Kier molecular flexibility index (Phi) is 5.80. The highest BCUT2D eigenvalue weighted by atomic mass is 32.1. The summed E-state index contributed by atoms with van der Waals surface area (Å²) in [5.41, 5.74) is 16.3. The fourth-order valence-corrected chi connectivity index (χ4v) is 10.6. The lowest BCUT2D eigenvalue weighted by molar-refractivity contribution is 0.734. The maximum absolute atomic E-state index is 2.71. The molecule has 0 saturated heterocycles. The molecule has 0 bridgehead atoms. The molecule has 8 aromatic rings. The Hall–Kier alpha value is -5.84. The van der Waals surface area contributed by atoms with E-state index < -0.39 is 5.41 Å². The van der Waals surface area contributed by atoms with E-state index in [0.29, 0.717) is 0 Å². The minimum absolute atomic E-state index is 0.00677. The number of anilines is 5. The lowest BCUT2D eigenvalue weighted by Crippen LogP contribution is -2.62. The molecule has 0 radical (unpaired) electrons. The first-order chi connectivity index (χ1) is 24.7. The number of fused-ring (bicyclic) bond motifs is 8. The van der Waals surface area contributed by atoms with Crippen molar-refractivity contribution < 1.29 is 0 Å². The van der Waals surface area contributed by atoms with E-state index in [2.05, 4.69) is 186 Å². The maximum Gasteiger partial charge on any atom is 0.343 e. The number of hydrogen-bond donors (Lipinski definition) is 0. The first kappa shape index (κ1) is 28.0. The number of aryl methyl sites for hydroxylation is 1. The summed E-state index contributed by atoms with van der Waals surface area (Å²) in [5, 5.41) is 1.30. The Labute approximate surface area is 296 Å². The van der Waals surface area contributed by atoms with Crippen molar-refractivity contribution in [3.8, 4) is 11.1 Å². The fraction of sp³-hybridized carbons (Fsp3) is 0.0435. The van der Waals surface area contributed by atoms with E-state index in [4.69, 9.17) is 0 Å². The standard InChI is InChI=1S/C46H31BN2S/c1-30-28-36-34-23-15-25-38-43(34)49(39-26-13-12-24-37(39)46(38,31-16-5-2-6-17-31)32-18-7-3-8-19-32)47-42(36)40(29-30)48(33-20-9-4-10-21-33)44-35-22-11-14-27-41(35)50-45(44)47/h2-29H,1H3. The summed E-state index contributed by atoms with van der Waals surface area (Å²) in [6, 6.07) is 63.3. The molecule has 1 aromatic heterocycles. The van der Waals surface area contributed by atoms with E-state index in [1.54, 1.807) is 0 Å². The maximum atomic E-state index is 2.71. The molecule has 11 rings (SSSR count). The van der Waals surface area contributed by atoms with Crippen LogP contribution in [0.3, 0.4) is 0 Å². The fourth-order valence-electron chi connectivity index (χ4n) is 9.31. The number of thiophene rings is 1. The number of rotatable bonds is 3. The number of nitrogens with zero attached hydrogens (tertiary/aromatic N) is 2. The molecule has 0 aliphatic carbocycles. The summed E-state index contributed by atoms with van der Waals surface area (Å²) >= 11 is 1.95. The predicted octanol–water partition coefficient (Wildman–Crippen LogP) is 10.6. The molecular weight excluding hydrogens is 623 g/mol. The van der Waals surface area contributed by atoms with Crippen molar-refractivity contribution in [3.63, 3.8) is 0 Å². The van der Waals surface area contributed by atoms with E-state index in [-0.39, 0.29) is 6.85 Å². The Balaban J connectivity index is 1.33. The van der Waals surface area contributed by atoms with Crippen LogP contribution in [0.15, 0.2) is 170 Å². The van der Waals surface area contributed by atoms with Crippen LogP contribution >= 0.6 is 11.3 Å². The highest BCUT2D eigenvalue weighted by molar-refractivity contribution is 7.32. The number of hydrogen-bond acceptors (Lipinski definition) is 3. The van der Waals surface area contributed by atoms with Crippen molar-refractivity contribution in [2.24, 2.45) is 0 Å². The van der Waals surface area contributed by atoms with E-state index in [1.165, 1.54) is 87.7 Å². The molecule has 2 nitrogen and oxygen atoms in total. The van der Waals surface area contributed by atoms with Crippen LogP contribution in [-0.4, -0.2) is 6.85 Å². The Bertz CT molecular complexity index is 2590. The smallest absolute Gasteiger partial charge is 0.343 e. The largest absolute Gasteiger partial charge is 0.375 e. The first-order valence-corrected chi connectivity index (χ1v) is 18.2. The minimum atomic E-state index is -0.501. The topological polar surface area (TPSA) is 6.48 Å². The summed E-state index contributed by atoms with van der Waals surface area (Å²) < 4.78 is 2.70. The molecule has 4 heterocycles. The molecule has 3 aliphatic rings. The molecule has 0 saturated carbocycles. The van der Waals surface area contributed by atoms with Crippen molar-refractivity contribution in [2.45, 2.75) is 12.3 Å². The van der Waals surface area contributed by atoms with Gasteiger partial charge in [-0.15, -0.1) is 11.3 Å². The Morgan fingerprint density at radius 1 is 0.540 bits per heavy atom. The van der Waals surface area contributed by atoms with Crippen molar-refractivity contribution in [1.82, 2.24) is 0 Å². The van der Waals surface area contributed by atoms with Gasteiger partial charge in [-0.05, 0) is 76.1 Å². The van der Waals surface area contributed by atoms with Gasteiger partial charge in [-0.2, -0.15) is 0 Å². The summed E-state index contributed by atoms with van der Waals surface area (Å²) in [6.45, 7) is 2.26. The molecule has 0 fully saturated rings. The lowest BCUT2D eigenvalue weighted by Gasteiger charge is -2.52. The third kappa shape index (κ3) is 3.54. The molecule has 50 heavy (non-hydrogen) atoms. The van der Waals surface area contributed by atoms with Crippen LogP contribution in [0.4, 0.5) is 28.4 Å². The van der Waals surface area contributed by atoms with Crippen LogP contribution in [0, 0.1) is 6.92 Å². The molecule has 234 valence electrons. The molecule has 0 atom stereocenters. The van der Waals surface area contributed by atoms with Crippen LogP contribution in [-0.2, 0) is 5.41 Å². The van der Waals surface area contributed by atoms with Crippen LogP contribution in [0.1, 0.15) is 27.8 Å². The quantitative estimate of drug-likeness (QED) is 0.175. The first-order valence-electron chi connectivity index (χ1n) is 17.4. The van der Waals surface area contributed by atoms with E-state index in [9.17, 15) is 0 Å². The molecule has 0 N–H and O–H groups in total. The zero-order valence-corrected chi connectivity index (χ0v) is 28.4. The van der Waals surface area contributed by atoms with Crippen LogP contribution in [0.2, 0.25) is 0 Å². The number of para-hydroxylation sites is 3. The normalized spacial score (nSPS) is 14.5. The van der Waals surface area contributed by atoms with Crippen molar-refractivity contribution in [1.29, 1.82) is 0 Å². The van der Waals surface area contributed by atoms with E-state index >= 15 is 0 Å². The van der Waals surface area contributed by atoms with Gasteiger partial charge in [0.2, 0.25) is 0 Å². The second kappa shape index (κ2) is 10.3. The van der Waals surface area contributed by atoms with E-state index in [0.717, 1.165) is 0 Å². The van der Waals surface area contributed by atoms with Gasteiger partial charge in [0, 0.05) is 43.2 Å². The van der Waals surface area contributed by atoms with Crippen molar-refractivity contribution >= 4 is 66.9 Å². The van der Waals surface area contributed by atoms with Gasteiger partial charge in [-0.1, -0.05) is 140 Å². The zero-order valence-electron chi connectivity index (χ0n) is 27.5. The minimum Gasteiger partial charge on any atom is -0.375 e. The van der Waals surface area contributed by atoms with Gasteiger partial charge in [0.15, 0.2) is 0 Å². The summed E-state index contributed by atoms with van der Waals surface area (Å²) in [5.74, 6) is 0. The van der Waals surface area contributed by atoms with Gasteiger partial charge in [0.25, 0.3) is 0 Å². The Morgan fingerprint density at radius 3 is 1.94 bits per heavy atom. The number of benzene rings is 7.